The second-order valence-electron chi connectivity index (χ2n) is 3.60. The molecule has 0 radical (unpaired) electrons. The Morgan fingerprint density at radius 2 is 2.18 bits per heavy atom. The number of aliphatic hydroxyl groups excluding tert-OH is 1. The van der Waals surface area contributed by atoms with Crippen LogP contribution in [0.3, 0.4) is 0 Å². The minimum Gasteiger partial charge on any atom is -0.387 e. The second-order valence-corrected chi connectivity index (χ2v) is 3.60. The van der Waals surface area contributed by atoms with Gasteiger partial charge in [-0.05, 0) is 5.56 Å². The predicted octanol–water partition coefficient (Wildman–Crippen LogP) is 0.873. The highest BCUT2D eigenvalue weighted by atomic mass is 16.3. The molecule has 0 saturated heterocycles. The maximum Gasteiger partial charge on any atom is 0.269 e. The Hall–Kier alpha value is -2.14. The fraction of sp³-hybridized carbons (Fsp3) is 0.167. The smallest absolute Gasteiger partial charge is 0.269 e. The maximum atomic E-state index is 11.5. The Kier molecular flexibility index (Phi) is 3.52. The number of imidazole rings is 1. The van der Waals surface area contributed by atoms with Crippen molar-refractivity contribution in [2.75, 3.05) is 6.54 Å². The highest BCUT2D eigenvalue weighted by molar-refractivity contribution is 5.91. The van der Waals surface area contributed by atoms with Gasteiger partial charge in [0, 0.05) is 6.54 Å². The van der Waals surface area contributed by atoms with Crippen molar-refractivity contribution in [3.05, 3.63) is 54.1 Å². The first-order valence-electron chi connectivity index (χ1n) is 5.27. The number of rotatable bonds is 4. The molecule has 1 atom stereocenters. The Bertz CT molecular complexity index is 468. The molecular weight excluding hydrogens is 218 g/mol. The van der Waals surface area contributed by atoms with Gasteiger partial charge in [0.05, 0.1) is 18.6 Å². The lowest BCUT2D eigenvalue weighted by Gasteiger charge is -2.11. The quantitative estimate of drug-likeness (QED) is 0.730. The summed E-state index contributed by atoms with van der Waals surface area (Å²) in [5.41, 5.74) is 1.16. The van der Waals surface area contributed by atoms with E-state index in [4.69, 9.17) is 0 Å². The zero-order valence-corrected chi connectivity index (χ0v) is 9.13. The molecule has 2 aromatic rings. The molecule has 0 aliphatic rings. The van der Waals surface area contributed by atoms with Gasteiger partial charge in [0.1, 0.15) is 5.69 Å². The number of benzene rings is 1. The summed E-state index contributed by atoms with van der Waals surface area (Å²) in [4.78, 5) is 18.0. The van der Waals surface area contributed by atoms with Crippen LogP contribution in [0.2, 0.25) is 0 Å². The van der Waals surface area contributed by atoms with Crippen molar-refractivity contribution in [2.24, 2.45) is 0 Å². The number of nitrogens with one attached hydrogen (secondary N) is 2. The van der Waals surface area contributed by atoms with Crippen LogP contribution in [-0.4, -0.2) is 27.5 Å². The Morgan fingerprint density at radius 1 is 1.41 bits per heavy atom. The van der Waals surface area contributed by atoms with Crippen molar-refractivity contribution in [3.8, 4) is 0 Å². The van der Waals surface area contributed by atoms with Crippen LogP contribution in [0.4, 0.5) is 0 Å². The molecule has 0 spiro atoms. The molecule has 2 rings (SSSR count). The number of hydrogen-bond acceptors (Lipinski definition) is 3. The minimum atomic E-state index is -0.705. The third-order valence-electron chi connectivity index (χ3n) is 2.38. The monoisotopic (exact) mass is 231 g/mol. The number of H-pyrrole nitrogens is 1. The molecule has 0 aliphatic heterocycles. The topological polar surface area (TPSA) is 78.0 Å². The largest absolute Gasteiger partial charge is 0.387 e. The molecule has 88 valence electrons. The molecule has 1 aromatic heterocycles. The summed E-state index contributed by atoms with van der Waals surface area (Å²) >= 11 is 0. The van der Waals surface area contributed by atoms with E-state index in [1.165, 1.54) is 12.5 Å². The minimum absolute atomic E-state index is 0.169. The van der Waals surface area contributed by atoms with E-state index in [9.17, 15) is 9.90 Å². The number of hydrogen-bond donors (Lipinski definition) is 3. The number of nitrogens with zero attached hydrogens (tertiary/aromatic N) is 1. The lowest BCUT2D eigenvalue weighted by Crippen LogP contribution is -2.28. The first kappa shape index (κ1) is 11.3. The Balaban J connectivity index is 1.89. The summed E-state index contributed by atoms with van der Waals surface area (Å²) in [7, 11) is 0. The summed E-state index contributed by atoms with van der Waals surface area (Å²) in [6.45, 7) is 0.169. The van der Waals surface area contributed by atoms with Gasteiger partial charge in [-0.1, -0.05) is 30.3 Å². The van der Waals surface area contributed by atoms with Crippen LogP contribution >= 0.6 is 0 Å². The van der Waals surface area contributed by atoms with Crippen LogP contribution in [0.15, 0.2) is 42.9 Å². The van der Waals surface area contributed by atoms with Crippen LogP contribution in [0.1, 0.15) is 22.2 Å². The molecule has 1 unspecified atom stereocenters. The normalized spacial score (nSPS) is 12.1. The van der Waals surface area contributed by atoms with Crippen molar-refractivity contribution < 1.29 is 9.90 Å². The third-order valence-corrected chi connectivity index (χ3v) is 2.38. The molecule has 1 aromatic carbocycles. The zero-order valence-electron chi connectivity index (χ0n) is 9.13. The van der Waals surface area contributed by atoms with Gasteiger partial charge in [-0.2, -0.15) is 0 Å². The van der Waals surface area contributed by atoms with Gasteiger partial charge in [0.25, 0.3) is 5.91 Å². The number of aromatic nitrogens is 2. The predicted molar refractivity (Wildman–Crippen MR) is 62.3 cm³/mol. The Labute approximate surface area is 98.5 Å². The van der Waals surface area contributed by atoms with Gasteiger partial charge in [-0.25, -0.2) is 4.98 Å². The van der Waals surface area contributed by atoms with E-state index < -0.39 is 6.10 Å². The molecule has 0 aliphatic carbocycles. The van der Waals surface area contributed by atoms with Crippen molar-refractivity contribution >= 4 is 5.91 Å². The number of carbonyl (C=O) groups excluding carboxylic acids is 1. The molecular formula is C12H13N3O2. The molecule has 0 bridgehead atoms. The van der Waals surface area contributed by atoms with Crippen LogP contribution in [0.25, 0.3) is 0 Å². The zero-order chi connectivity index (χ0) is 12.1. The van der Waals surface area contributed by atoms with Gasteiger partial charge in [0.15, 0.2) is 0 Å². The lowest BCUT2D eigenvalue weighted by molar-refractivity contribution is 0.0912. The number of aromatic amines is 1. The molecule has 3 N–H and O–H groups in total. The van der Waals surface area contributed by atoms with Gasteiger partial charge in [0.2, 0.25) is 0 Å². The van der Waals surface area contributed by atoms with Crippen LogP contribution in [-0.2, 0) is 0 Å². The summed E-state index contributed by atoms with van der Waals surface area (Å²) in [5.74, 6) is -0.280. The van der Waals surface area contributed by atoms with E-state index in [0.29, 0.717) is 5.69 Å². The summed E-state index contributed by atoms with van der Waals surface area (Å²) in [5, 5.41) is 12.4. The molecule has 5 heteroatoms. The third kappa shape index (κ3) is 2.92. The summed E-state index contributed by atoms with van der Waals surface area (Å²) in [6.07, 6.45) is 2.16. The SMILES string of the molecule is O=C(NCC(O)c1ccccc1)c1cnc[nH]1. The van der Waals surface area contributed by atoms with Crippen molar-refractivity contribution in [1.29, 1.82) is 0 Å². The fourth-order valence-corrected chi connectivity index (χ4v) is 1.46. The number of amides is 1. The van der Waals surface area contributed by atoms with Crippen LogP contribution in [0.5, 0.6) is 0 Å². The van der Waals surface area contributed by atoms with E-state index >= 15 is 0 Å². The first-order valence-corrected chi connectivity index (χ1v) is 5.27. The van der Waals surface area contributed by atoms with E-state index in [0.717, 1.165) is 5.56 Å². The van der Waals surface area contributed by atoms with Crippen molar-refractivity contribution in [3.63, 3.8) is 0 Å². The molecule has 5 nitrogen and oxygen atoms in total. The summed E-state index contributed by atoms with van der Waals surface area (Å²) < 4.78 is 0. The Morgan fingerprint density at radius 3 is 2.82 bits per heavy atom. The van der Waals surface area contributed by atoms with Crippen molar-refractivity contribution in [2.45, 2.75) is 6.10 Å². The fourth-order valence-electron chi connectivity index (χ4n) is 1.46. The second kappa shape index (κ2) is 5.27. The first-order chi connectivity index (χ1) is 8.27. The van der Waals surface area contributed by atoms with Crippen LogP contribution < -0.4 is 5.32 Å². The van der Waals surface area contributed by atoms with E-state index in [1.807, 2.05) is 30.3 Å². The highest BCUT2D eigenvalue weighted by Gasteiger charge is 2.10. The highest BCUT2D eigenvalue weighted by Crippen LogP contribution is 2.10. The van der Waals surface area contributed by atoms with Gasteiger partial charge < -0.3 is 15.4 Å². The molecule has 17 heavy (non-hydrogen) atoms. The molecule has 0 saturated carbocycles. The molecule has 1 heterocycles. The average Bonchev–Trinajstić information content (AvgIpc) is 2.90. The van der Waals surface area contributed by atoms with E-state index in [1.54, 1.807) is 0 Å². The van der Waals surface area contributed by atoms with Gasteiger partial charge in [-0.3, -0.25) is 4.79 Å². The summed E-state index contributed by atoms with van der Waals surface area (Å²) in [6, 6.07) is 9.18. The van der Waals surface area contributed by atoms with Crippen molar-refractivity contribution in [1.82, 2.24) is 15.3 Å². The van der Waals surface area contributed by atoms with Crippen LogP contribution in [0, 0.1) is 0 Å². The molecule has 0 fully saturated rings. The standard InChI is InChI=1S/C12H13N3O2/c16-11(9-4-2-1-3-5-9)7-14-12(17)10-6-13-8-15-10/h1-6,8,11,16H,7H2,(H,13,15)(H,14,17). The van der Waals surface area contributed by atoms with Gasteiger partial charge >= 0.3 is 0 Å². The van der Waals surface area contributed by atoms with E-state index in [2.05, 4.69) is 15.3 Å². The lowest BCUT2D eigenvalue weighted by atomic mass is 10.1. The number of aliphatic hydroxyl groups is 1. The maximum absolute atomic E-state index is 11.5. The van der Waals surface area contributed by atoms with Gasteiger partial charge in [-0.15, -0.1) is 0 Å². The number of carbonyl (C=O) groups is 1. The van der Waals surface area contributed by atoms with E-state index in [-0.39, 0.29) is 12.5 Å². The average molecular weight is 231 g/mol. The molecule has 1 amide bonds.